The number of carbonyl (C=O) groups is 3. The number of aliphatic hydroxyl groups excluding tert-OH is 4. The first-order chi connectivity index (χ1) is 14.8. The fraction of sp³-hybridized carbons (Fsp3) is 0.500. The van der Waals surface area contributed by atoms with Gasteiger partial charge < -0.3 is 40.7 Å². The summed E-state index contributed by atoms with van der Waals surface area (Å²) in [5, 5.41) is 45.0. The molecule has 14 heteroatoms. The molecular formula is C18H22I3N3O8. The number of nitrogens with zero attached hydrogens (tertiary/aromatic N) is 1. The fourth-order valence-electron chi connectivity index (χ4n) is 3.06. The quantitative estimate of drug-likeness (QED) is 0.227. The minimum atomic E-state index is -1.69. The van der Waals surface area contributed by atoms with E-state index < -0.39 is 43.2 Å². The van der Waals surface area contributed by atoms with E-state index >= 15 is 0 Å². The standard InChI is InChI=1S/C18H22I3N3O8/c1-5(26)22-12-9(19)8(10(20)14(11(12)21)24(3)6(2)27)17(30)23-13-16(29)15(28)7(4-25)32-18(13)31/h7,13,15-16,18,25,28-29,31H,4H2,1-3H3,(H,22,26)(H,23,30)/t7-,13-,15-,16-,18-/m1/s1. The summed E-state index contributed by atoms with van der Waals surface area (Å²) in [6.45, 7) is 2.03. The first-order valence-electron chi connectivity index (χ1n) is 9.17. The van der Waals surface area contributed by atoms with Crippen LogP contribution in [0.25, 0.3) is 0 Å². The van der Waals surface area contributed by atoms with Crippen LogP contribution in [0.3, 0.4) is 0 Å². The molecule has 1 aromatic rings. The van der Waals surface area contributed by atoms with Gasteiger partial charge in [0.2, 0.25) is 11.8 Å². The number of amides is 3. The van der Waals surface area contributed by atoms with Gasteiger partial charge in [-0.25, -0.2) is 0 Å². The molecule has 3 amide bonds. The lowest BCUT2D eigenvalue weighted by Gasteiger charge is -2.40. The third kappa shape index (κ3) is 5.63. The van der Waals surface area contributed by atoms with Gasteiger partial charge in [-0.15, -0.1) is 0 Å². The van der Waals surface area contributed by atoms with E-state index in [1.54, 1.807) is 0 Å². The van der Waals surface area contributed by atoms with Gasteiger partial charge in [-0.2, -0.15) is 0 Å². The van der Waals surface area contributed by atoms with Crippen LogP contribution < -0.4 is 15.5 Å². The van der Waals surface area contributed by atoms with E-state index in [1.165, 1.54) is 25.8 Å². The molecule has 1 aliphatic rings. The number of nitrogens with one attached hydrogen (secondary N) is 2. The second-order valence-corrected chi connectivity index (χ2v) is 10.3. The first kappa shape index (κ1) is 27.9. The molecule has 1 heterocycles. The van der Waals surface area contributed by atoms with Crippen LogP contribution in [-0.2, 0) is 14.3 Å². The van der Waals surface area contributed by atoms with Crippen LogP contribution >= 0.6 is 67.8 Å². The Balaban J connectivity index is 2.56. The normalized spacial score (nSPS) is 25.2. The molecule has 1 aromatic carbocycles. The molecule has 1 aliphatic heterocycles. The van der Waals surface area contributed by atoms with Gasteiger partial charge in [-0.05, 0) is 67.8 Å². The van der Waals surface area contributed by atoms with Crippen LogP contribution in [0.1, 0.15) is 24.2 Å². The number of hydrogen-bond donors (Lipinski definition) is 6. The van der Waals surface area contributed by atoms with Crippen LogP contribution in [0.5, 0.6) is 0 Å². The van der Waals surface area contributed by atoms with Crippen molar-refractivity contribution in [2.24, 2.45) is 0 Å². The maximum atomic E-state index is 13.2. The zero-order valence-corrected chi connectivity index (χ0v) is 23.6. The van der Waals surface area contributed by atoms with Crippen molar-refractivity contribution in [2.75, 3.05) is 23.9 Å². The first-order valence-corrected chi connectivity index (χ1v) is 12.4. The van der Waals surface area contributed by atoms with Gasteiger partial charge in [0.1, 0.15) is 24.4 Å². The predicted molar refractivity (Wildman–Crippen MR) is 139 cm³/mol. The Morgan fingerprint density at radius 2 is 1.62 bits per heavy atom. The number of hydrogen-bond acceptors (Lipinski definition) is 8. The molecule has 0 aromatic heterocycles. The highest BCUT2D eigenvalue weighted by atomic mass is 127. The molecular weight excluding hydrogens is 767 g/mol. The molecule has 0 bridgehead atoms. The van der Waals surface area contributed by atoms with Crippen LogP contribution in [-0.4, -0.2) is 82.4 Å². The lowest BCUT2D eigenvalue weighted by molar-refractivity contribution is -0.252. The van der Waals surface area contributed by atoms with E-state index in [1.807, 2.05) is 67.8 Å². The SMILES string of the molecule is CC(=O)Nc1c(I)c(C(=O)N[C@@H]2[C@@H](O)[C@H](O)[C@@H](CO)O[C@H]2O)c(I)c(N(C)C(C)=O)c1I. The van der Waals surface area contributed by atoms with Crippen LogP contribution in [0.2, 0.25) is 0 Å². The summed E-state index contributed by atoms with van der Waals surface area (Å²) in [5.74, 6) is -1.41. The van der Waals surface area contributed by atoms with Crippen molar-refractivity contribution in [1.82, 2.24) is 5.32 Å². The van der Waals surface area contributed by atoms with Gasteiger partial charge in [-0.3, -0.25) is 14.4 Å². The topological polar surface area (TPSA) is 169 Å². The van der Waals surface area contributed by atoms with Crippen molar-refractivity contribution >= 4 is 96.9 Å². The third-order valence-corrected chi connectivity index (χ3v) is 8.01. The molecule has 5 atom stereocenters. The molecule has 0 unspecified atom stereocenters. The Morgan fingerprint density at radius 3 is 2.12 bits per heavy atom. The summed E-state index contributed by atoms with van der Waals surface area (Å²) in [7, 11) is 1.53. The average Bonchev–Trinajstić information content (AvgIpc) is 2.70. The van der Waals surface area contributed by atoms with Gasteiger partial charge in [0.05, 0.1) is 34.3 Å². The Bertz CT molecular complexity index is 931. The molecule has 32 heavy (non-hydrogen) atoms. The number of carbonyl (C=O) groups excluding carboxylic acids is 3. The van der Waals surface area contributed by atoms with Crippen molar-refractivity contribution in [3.05, 3.63) is 16.3 Å². The molecule has 1 fully saturated rings. The lowest BCUT2D eigenvalue weighted by atomic mass is 9.96. The maximum Gasteiger partial charge on any atom is 0.254 e. The highest BCUT2D eigenvalue weighted by Crippen LogP contribution is 2.40. The Kier molecular flexibility index (Phi) is 9.89. The number of ether oxygens (including phenoxy) is 1. The van der Waals surface area contributed by atoms with Gasteiger partial charge in [0.15, 0.2) is 6.29 Å². The van der Waals surface area contributed by atoms with Crippen molar-refractivity contribution in [1.29, 1.82) is 0 Å². The van der Waals surface area contributed by atoms with E-state index in [2.05, 4.69) is 10.6 Å². The van der Waals surface area contributed by atoms with Crippen LogP contribution in [0.15, 0.2) is 0 Å². The summed E-state index contributed by atoms with van der Waals surface area (Å²) in [4.78, 5) is 38.4. The third-order valence-electron chi connectivity index (χ3n) is 4.83. The maximum absolute atomic E-state index is 13.2. The summed E-state index contributed by atoms with van der Waals surface area (Å²) >= 11 is 5.78. The predicted octanol–water partition coefficient (Wildman–Crippen LogP) is -0.0288. The van der Waals surface area contributed by atoms with Crippen molar-refractivity contribution in [3.8, 4) is 0 Å². The molecule has 11 nitrogen and oxygen atoms in total. The second-order valence-electron chi connectivity index (χ2n) is 7.03. The second kappa shape index (κ2) is 11.4. The highest BCUT2D eigenvalue weighted by Gasteiger charge is 2.44. The minimum Gasteiger partial charge on any atom is -0.394 e. The highest BCUT2D eigenvalue weighted by molar-refractivity contribution is 14.1. The van der Waals surface area contributed by atoms with E-state index in [4.69, 9.17) is 4.74 Å². The number of rotatable bonds is 5. The molecule has 1 saturated heterocycles. The molecule has 0 spiro atoms. The van der Waals surface area contributed by atoms with Gasteiger partial charge >= 0.3 is 0 Å². The van der Waals surface area contributed by atoms with E-state index in [-0.39, 0.29) is 17.4 Å². The van der Waals surface area contributed by atoms with Gasteiger partial charge in [0, 0.05) is 20.9 Å². The molecule has 178 valence electrons. The minimum absolute atomic E-state index is 0.0941. The van der Waals surface area contributed by atoms with Crippen molar-refractivity contribution in [3.63, 3.8) is 0 Å². The summed E-state index contributed by atoms with van der Waals surface area (Å²) in [5.41, 5.74) is 0.819. The monoisotopic (exact) mass is 789 g/mol. The van der Waals surface area contributed by atoms with Crippen LogP contribution in [0, 0.1) is 10.7 Å². The molecule has 0 aliphatic carbocycles. The summed E-state index contributed by atoms with van der Waals surface area (Å²) in [6.07, 6.45) is -6.07. The van der Waals surface area contributed by atoms with Crippen molar-refractivity contribution in [2.45, 2.75) is 44.5 Å². The van der Waals surface area contributed by atoms with Crippen molar-refractivity contribution < 1.29 is 39.5 Å². The number of halogens is 3. The zero-order valence-electron chi connectivity index (χ0n) is 17.1. The molecule has 2 rings (SSSR count). The molecule has 0 radical (unpaired) electrons. The smallest absolute Gasteiger partial charge is 0.254 e. The largest absolute Gasteiger partial charge is 0.394 e. The number of aliphatic hydroxyl groups is 4. The Morgan fingerprint density at radius 1 is 1.03 bits per heavy atom. The summed E-state index contributed by atoms with van der Waals surface area (Å²) in [6, 6.07) is -1.40. The van der Waals surface area contributed by atoms with Gasteiger partial charge in [0.25, 0.3) is 5.91 Å². The fourth-order valence-corrected chi connectivity index (χ4v) is 7.71. The van der Waals surface area contributed by atoms with Crippen LogP contribution in [0.4, 0.5) is 11.4 Å². The summed E-state index contributed by atoms with van der Waals surface area (Å²) < 4.78 is 6.40. The number of benzene rings is 1. The lowest BCUT2D eigenvalue weighted by Crippen LogP contribution is -2.64. The van der Waals surface area contributed by atoms with E-state index in [0.717, 1.165) is 0 Å². The Labute approximate surface area is 224 Å². The Hall–Kier alpha value is -0.380. The van der Waals surface area contributed by atoms with E-state index in [9.17, 15) is 34.8 Å². The number of anilines is 2. The average molecular weight is 789 g/mol. The zero-order chi connectivity index (χ0) is 24.5. The van der Waals surface area contributed by atoms with Gasteiger partial charge in [-0.1, -0.05) is 0 Å². The molecule has 0 saturated carbocycles. The van der Waals surface area contributed by atoms with E-state index in [0.29, 0.717) is 22.1 Å². The molecule has 6 N–H and O–H groups in total.